The van der Waals surface area contributed by atoms with E-state index in [0.717, 1.165) is 19.5 Å². The van der Waals surface area contributed by atoms with Crippen LogP contribution in [0.1, 0.15) is 20.3 Å². The third-order valence-corrected chi connectivity index (χ3v) is 2.67. The van der Waals surface area contributed by atoms with E-state index in [4.69, 9.17) is 10.5 Å². The minimum atomic E-state index is -0.363. The molecule has 0 aliphatic rings. The first-order valence-electron chi connectivity index (χ1n) is 5.69. The van der Waals surface area contributed by atoms with Crippen LogP contribution in [0.4, 0.5) is 0 Å². The highest BCUT2D eigenvalue weighted by atomic mass is 16.5. The average molecular weight is 218 g/mol. The first-order valence-corrected chi connectivity index (χ1v) is 5.69. The zero-order valence-corrected chi connectivity index (χ0v) is 10.2. The first-order chi connectivity index (χ1) is 7.11. The van der Waals surface area contributed by atoms with E-state index in [2.05, 4.69) is 19.2 Å². The van der Waals surface area contributed by atoms with Crippen molar-refractivity contribution in [3.63, 3.8) is 0 Å². The van der Waals surface area contributed by atoms with Crippen molar-refractivity contribution in [2.45, 2.75) is 26.4 Å². The molecule has 4 heteroatoms. The lowest BCUT2D eigenvalue weighted by atomic mass is 9.96. The molecule has 0 aliphatic carbocycles. The van der Waals surface area contributed by atoms with Crippen molar-refractivity contribution in [3.05, 3.63) is 0 Å². The van der Waals surface area contributed by atoms with Crippen LogP contribution in [0.3, 0.4) is 0 Å². The van der Waals surface area contributed by atoms with Crippen molar-refractivity contribution in [1.29, 1.82) is 0 Å². The maximum atomic E-state index is 9.39. The van der Waals surface area contributed by atoms with Gasteiger partial charge in [-0.2, -0.15) is 0 Å². The summed E-state index contributed by atoms with van der Waals surface area (Å²) in [5.74, 6) is 1.12. The van der Waals surface area contributed by atoms with Gasteiger partial charge in [-0.15, -0.1) is 0 Å². The van der Waals surface area contributed by atoms with Crippen LogP contribution < -0.4 is 11.1 Å². The van der Waals surface area contributed by atoms with Crippen molar-refractivity contribution in [2.75, 3.05) is 33.4 Å². The number of rotatable bonds is 9. The summed E-state index contributed by atoms with van der Waals surface area (Å²) in [6, 6.07) is 0. The minimum absolute atomic E-state index is 0.363. The zero-order valence-electron chi connectivity index (χ0n) is 10.2. The van der Waals surface area contributed by atoms with E-state index in [1.807, 2.05) is 0 Å². The van der Waals surface area contributed by atoms with Crippen LogP contribution in [0.15, 0.2) is 0 Å². The molecular formula is C11H26N2O2. The predicted octanol–water partition coefficient (Wildman–Crippen LogP) is 0.204. The summed E-state index contributed by atoms with van der Waals surface area (Å²) < 4.78 is 4.84. The van der Waals surface area contributed by atoms with Crippen LogP contribution in [0, 0.1) is 11.8 Å². The number of nitrogens with one attached hydrogen (secondary N) is 1. The topological polar surface area (TPSA) is 67.5 Å². The van der Waals surface area contributed by atoms with Crippen LogP contribution in [-0.4, -0.2) is 44.6 Å². The zero-order chi connectivity index (χ0) is 11.7. The van der Waals surface area contributed by atoms with Gasteiger partial charge >= 0.3 is 0 Å². The Balaban J connectivity index is 3.44. The normalized spacial score (nSPS) is 15.6. The lowest BCUT2D eigenvalue weighted by Gasteiger charge is -2.19. The summed E-state index contributed by atoms with van der Waals surface area (Å²) >= 11 is 0. The highest BCUT2D eigenvalue weighted by Crippen LogP contribution is 2.07. The standard InChI is InChI=1S/C11H26N2O2/c1-9(2)10(6-12)7-13-5-4-11(14)8-15-3/h9-11,13-14H,4-8,12H2,1-3H3. The lowest BCUT2D eigenvalue weighted by molar-refractivity contribution is 0.0592. The summed E-state index contributed by atoms with van der Waals surface area (Å²) in [7, 11) is 1.60. The molecule has 0 rings (SSSR count). The van der Waals surface area contributed by atoms with Crippen LogP contribution in [0.5, 0.6) is 0 Å². The summed E-state index contributed by atoms with van der Waals surface area (Å²) in [6.07, 6.45) is 0.362. The molecule has 0 radical (unpaired) electrons. The van der Waals surface area contributed by atoms with Gasteiger partial charge in [0.15, 0.2) is 0 Å². The third kappa shape index (κ3) is 7.73. The molecule has 0 fully saturated rings. The molecule has 15 heavy (non-hydrogen) atoms. The van der Waals surface area contributed by atoms with E-state index in [1.165, 1.54) is 0 Å². The molecule has 0 aromatic heterocycles. The summed E-state index contributed by atoms with van der Waals surface area (Å²) in [5.41, 5.74) is 5.65. The fraction of sp³-hybridized carbons (Fsp3) is 1.00. The van der Waals surface area contributed by atoms with Crippen LogP contribution in [0.25, 0.3) is 0 Å². The van der Waals surface area contributed by atoms with Crippen molar-refractivity contribution in [3.8, 4) is 0 Å². The van der Waals surface area contributed by atoms with E-state index in [9.17, 15) is 5.11 Å². The molecule has 0 saturated heterocycles. The van der Waals surface area contributed by atoms with Crippen LogP contribution in [0.2, 0.25) is 0 Å². The number of hydrogen-bond acceptors (Lipinski definition) is 4. The number of hydrogen-bond donors (Lipinski definition) is 3. The monoisotopic (exact) mass is 218 g/mol. The molecule has 0 aromatic rings. The SMILES string of the molecule is COCC(O)CCNCC(CN)C(C)C. The summed E-state index contributed by atoms with van der Waals surface area (Å²) in [6.45, 7) is 7.22. The van der Waals surface area contributed by atoms with Gasteiger partial charge in [-0.05, 0) is 37.9 Å². The number of aliphatic hydroxyl groups is 1. The molecule has 0 amide bonds. The average Bonchev–Trinajstić information content (AvgIpc) is 2.17. The molecule has 0 bridgehead atoms. The Morgan fingerprint density at radius 1 is 1.40 bits per heavy atom. The van der Waals surface area contributed by atoms with E-state index in [1.54, 1.807) is 7.11 Å². The Kier molecular flexibility index (Phi) is 9.00. The maximum Gasteiger partial charge on any atom is 0.0785 e. The molecule has 2 unspecified atom stereocenters. The molecule has 4 N–H and O–H groups in total. The Morgan fingerprint density at radius 2 is 2.07 bits per heavy atom. The quantitative estimate of drug-likeness (QED) is 0.484. The predicted molar refractivity (Wildman–Crippen MR) is 62.8 cm³/mol. The fourth-order valence-corrected chi connectivity index (χ4v) is 1.42. The molecule has 92 valence electrons. The van der Waals surface area contributed by atoms with Gasteiger partial charge in [-0.3, -0.25) is 0 Å². The Bertz CT molecular complexity index is 143. The third-order valence-electron chi connectivity index (χ3n) is 2.67. The molecule has 0 heterocycles. The second-order valence-corrected chi connectivity index (χ2v) is 4.34. The van der Waals surface area contributed by atoms with Gasteiger partial charge in [0, 0.05) is 7.11 Å². The van der Waals surface area contributed by atoms with Gasteiger partial charge in [0.1, 0.15) is 0 Å². The minimum Gasteiger partial charge on any atom is -0.391 e. The first kappa shape index (κ1) is 14.8. The molecule has 0 aliphatic heterocycles. The second kappa shape index (κ2) is 9.09. The Morgan fingerprint density at radius 3 is 2.53 bits per heavy atom. The van der Waals surface area contributed by atoms with Gasteiger partial charge in [0.05, 0.1) is 12.7 Å². The Hall–Kier alpha value is -0.160. The molecule has 0 saturated carbocycles. The van der Waals surface area contributed by atoms with E-state index in [-0.39, 0.29) is 6.10 Å². The van der Waals surface area contributed by atoms with Crippen LogP contribution in [-0.2, 0) is 4.74 Å². The number of methoxy groups -OCH3 is 1. The van der Waals surface area contributed by atoms with E-state index in [0.29, 0.717) is 25.0 Å². The highest BCUT2D eigenvalue weighted by Gasteiger charge is 2.10. The van der Waals surface area contributed by atoms with Gasteiger partial charge < -0.3 is 20.9 Å². The summed E-state index contributed by atoms with van der Waals surface area (Å²) in [4.78, 5) is 0. The van der Waals surface area contributed by atoms with Gasteiger partial charge in [-0.1, -0.05) is 13.8 Å². The van der Waals surface area contributed by atoms with E-state index >= 15 is 0 Å². The van der Waals surface area contributed by atoms with Gasteiger partial charge in [0.25, 0.3) is 0 Å². The molecule has 2 atom stereocenters. The van der Waals surface area contributed by atoms with Crippen molar-refractivity contribution in [1.82, 2.24) is 5.32 Å². The molecule has 0 aromatic carbocycles. The number of ether oxygens (including phenoxy) is 1. The smallest absolute Gasteiger partial charge is 0.0785 e. The largest absolute Gasteiger partial charge is 0.391 e. The van der Waals surface area contributed by atoms with Crippen molar-refractivity contribution >= 4 is 0 Å². The lowest BCUT2D eigenvalue weighted by Crippen LogP contribution is -2.33. The number of nitrogens with two attached hydrogens (primary N) is 1. The summed E-state index contributed by atoms with van der Waals surface area (Å²) in [5, 5.41) is 12.7. The fourth-order valence-electron chi connectivity index (χ4n) is 1.42. The second-order valence-electron chi connectivity index (χ2n) is 4.34. The van der Waals surface area contributed by atoms with Crippen molar-refractivity contribution < 1.29 is 9.84 Å². The number of aliphatic hydroxyl groups excluding tert-OH is 1. The van der Waals surface area contributed by atoms with Crippen LogP contribution >= 0.6 is 0 Å². The maximum absolute atomic E-state index is 9.39. The Labute approximate surface area is 93.2 Å². The van der Waals surface area contributed by atoms with Gasteiger partial charge in [-0.25, -0.2) is 0 Å². The molecule has 4 nitrogen and oxygen atoms in total. The molecular weight excluding hydrogens is 192 g/mol. The van der Waals surface area contributed by atoms with Crippen molar-refractivity contribution in [2.24, 2.45) is 17.6 Å². The van der Waals surface area contributed by atoms with E-state index < -0.39 is 0 Å². The molecule has 0 spiro atoms. The highest BCUT2D eigenvalue weighted by molar-refractivity contribution is 4.67. The van der Waals surface area contributed by atoms with Gasteiger partial charge in [0.2, 0.25) is 0 Å².